The minimum atomic E-state index is -4.52. The first-order valence-corrected chi connectivity index (χ1v) is 9.81. The number of carbonyl (C=O) groups excluding carboxylic acids is 1. The van der Waals surface area contributed by atoms with E-state index in [1.165, 1.54) is 6.92 Å². The van der Waals surface area contributed by atoms with Crippen LogP contribution in [0.2, 0.25) is 0 Å². The Bertz CT molecular complexity index is 396. The van der Waals surface area contributed by atoms with Gasteiger partial charge < -0.3 is 20.1 Å². The molecule has 0 radical (unpaired) electrons. The molecule has 4 atom stereocenters. The molecule has 2 aliphatic rings. The molecule has 0 aliphatic heterocycles. The van der Waals surface area contributed by atoms with Crippen molar-refractivity contribution in [2.75, 3.05) is 33.0 Å². The fourth-order valence-electron chi connectivity index (χ4n) is 3.42. The lowest BCUT2D eigenvalue weighted by Gasteiger charge is -2.12. The molecule has 0 bridgehead atoms. The predicted molar refractivity (Wildman–Crippen MR) is 97.2 cm³/mol. The highest BCUT2D eigenvalue weighted by atomic mass is 19.4. The summed E-state index contributed by atoms with van der Waals surface area (Å²) in [7, 11) is 0. The van der Waals surface area contributed by atoms with Gasteiger partial charge in [-0.25, -0.2) is 0 Å². The number of hydrogen-bond donors (Lipinski definition) is 3. The summed E-state index contributed by atoms with van der Waals surface area (Å²) in [6.45, 7) is 4.07. The van der Waals surface area contributed by atoms with Crippen LogP contribution in [-0.2, 0) is 14.3 Å². The van der Waals surface area contributed by atoms with Crippen LogP contribution < -0.4 is 0 Å². The Hall–Kier alpha value is -0.900. The summed E-state index contributed by atoms with van der Waals surface area (Å²) in [6, 6.07) is 0. The van der Waals surface area contributed by atoms with Crippen molar-refractivity contribution >= 4 is 5.97 Å². The van der Waals surface area contributed by atoms with Crippen molar-refractivity contribution in [3.05, 3.63) is 0 Å². The van der Waals surface area contributed by atoms with Crippen molar-refractivity contribution < 1.29 is 42.8 Å². The third-order valence-corrected chi connectivity index (χ3v) is 4.90. The molecule has 2 saturated carbocycles. The van der Waals surface area contributed by atoms with Gasteiger partial charge in [0.25, 0.3) is 0 Å². The van der Waals surface area contributed by atoms with Gasteiger partial charge in [-0.15, -0.1) is 13.2 Å². The molecule has 0 unspecified atom stereocenters. The van der Waals surface area contributed by atoms with Crippen molar-refractivity contribution in [3.8, 4) is 0 Å². The van der Waals surface area contributed by atoms with E-state index in [0.717, 1.165) is 32.1 Å². The van der Waals surface area contributed by atoms with Gasteiger partial charge in [0.1, 0.15) is 0 Å². The van der Waals surface area contributed by atoms with Gasteiger partial charge in [-0.3, -0.25) is 9.53 Å². The average molecular weight is 416 g/mol. The summed E-state index contributed by atoms with van der Waals surface area (Å²) < 4.78 is 43.0. The molecule has 9 heteroatoms. The lowest BCUT2D eigenvalue weighted by Crippen LogP contribution is -2.18. The molecule has 2 rings (SSSR count). The SMILES string of the molecule is CCOC(C)=O.OC[C@@H]1CC[C@@H](CO)C1.OC[C@@H]1CC[C@@H](COC(F)(F)F)C1. The van der Waals surface area contributed by atoms with E-state index in [1.807, 2.05) is 0 Å². The van der Waals surface area contributed by atoms with Crippen molar-refractivity contribution in [1.82, 2.24) is 0 Å². The van der Waals surface area contributed by atoms with Crippen LogP contribution in [0.25, 0.3) is 0 Å². The van der Waals surface area contributed by atoms with Gasteiger partial charge in [0.05, 0.1) is 13.2 Å². The second kappa shape index (κ2) is 15.0. The van der Waals surface area contributed by atoms with Crippen molar-refractivity contribution in [2.45, 2.75) is 58.7 Å². The Kier molecular flexibility index (Phi) is 14.5. The molecular weight excluding hydrogens is 381 g/mol. The molecule has 2 fully saturated rings. The maximum atomic E-state index is 11.6. The Morgan fingerprint density at radius 3 is 1.54 bits per heavy atom. The minimum absolute atomic E-state index is 0.0428. The molecule has 0 aromatic rings. The second-order valence-corrected chi connectivity index (χ2v) is 7.32. The summed E-state index contributed by atoms with van der Waals surface area (Å²) in [5, 5.41) is 26.1. The van der Waals surface area contributed by atoms with Crippen molar-refractivity contribution in [2.24, 2.45) is 23.7 Å². The van der Waals surface area contributed by atoms with E-state index in [1.54, 1.807) is 6.92 Å². The first-order chi connectivity index (χ1) is 13.1. The van der Waals surface area contributed by atoms with Crippen LogP contribution in [0.3, 0.4) is 0 Å². The number of rotatable bonds is 6. The summed E-state index contributed by atoms with van der Waals surface area (Å²) >= 11 is 0. The topological polar surface area (TPSA) is 96.2 Å². The molecule has 0 heterocycles. The van der Waals surface area contributed by atoms with Crippen molar-refractivity contribution in [1.29, 1.82) is 0 Å². The molecule has 168 valence electrons. The normalized spacial score (nSPS) is 26.7. The lowest BCUT2D eigenvalue weighted by atomic mass is 10.1. The zero-order valence-electron chi connectivity index (χ0n) is 16.8. The van der Waals surface area contributed by atoms with Crippen LogP contribution >= 0.6 is 0 Å². The van der Waals surface area contributed by atoms with Gasteiger partial charge in [-0.05, 0) is 69.1 Å². The fourth-order valence-corrected chi connectivity index (χ4v) is 3.42. The van der Waals surface area contributed by atoms with E-state index in [0.29, 0.717) is 38.1 Å². The number of aliphatic hydroxyl groups excluding tert-OH is 3. The fraction of sp³-hybridized carbons (Fsp3) is 0.947. The molecule has 0 aromatic heterocycles. The second-order valence-electron chi connectivity index (χ2n) is 7.32. The summed E-state index contributed by atoms with van der Waals surface area (Å²) in [5.74, 6) is 0.863. The minimum Gasteiger partial charge on any atom is -0.466 e. The monoisotopic (exact) mass is 416 g/mol. The molecule has 0 saturated heterocycles. The standard InChI is InChI=1S/C8H13F3O2.C7H14O2.C4H8O2/c9-8(10,11)13-5-7-2-1-6(3-7)4-12;8-4-6-1-2-7(3-6)5-9;1-3-6-4(2)5/h6-7,12H,1-5H2;6-9H,1-5H2;3H2,1-2H3/t2*6-,7-;/m11./s1. The summed E-state index contributed by atoms with van der Waals surface area (Å²) in [5.41, 5.74) is 0. The Balaban J connectivity index is 0.000000423. The van der Waals surface area contributed by atoms with Crippen LogP contribution in [-0.4, -0.2) is 60.7 Å². The molecule has 0 spiro atoms. The van der Waals surface area contributed by atoms with Crippen LogP contribution in [0.15, 0.2) is 0 Å². The number of hydrogen-bond acceptors (Lipinski definition) is 6. The smallest absolute Gasteiger partial charge is 0.466 e. The van der Waals surface area contributed by atoms with Crippen molar-refractivity contribution in [3.63, 3.8) is 0 Å². The number of alkyl halides is 3. The third-order valence-electron chi connectivity index (χ3n) is 4.90. The van der Waals surface area contributed by atoms with Crippen LogP contribution in [0.5, 0.6) is 0 Å². The van der Waals surface area contributed by atoms with E-state index >= 15 is 0 Å². The Labute approximate surface area is 165 Å². The van der Waals surface area contributed by atoms with E-state index < -0.39 is 6.36 Å². The van der Waals surface area contributed by atoms with Crippen LogP contribution in [0.4, 0.5) is 13.2 Å². The van der Waals surface area contributed by atoms with Crippen LogP contribution in [0.1, 0.15) is 52.4 Å². The van der Waals surface area contributed by atoms with Gasteiger partial charge in [0, 0.05) is 26.7 Å². The highest BCUT2D eigenvalue weighted by Crippen LogP contribution is 2.32. The number of halogens is 3. The van der Waals surface area contributed by atoms with E-state index in [9.17, 15) is 18.0 Å². The number of aliphatic hydroxyl groups is 3. The Morgan fingerprint density at radius 1 is 0.893 bits per heavy atom. The van der Waals surface area contributed by atoms with Gasteiger partial charge in [0.15, 0.2) is 0 Å². The van der Waals surface area contributed by atoms with Gasteiger partial charge >= 0.3 is 12.3 Å². The summed E-state index contributed by atoms with van der Waals surface area (Å²) in [6.07, 6.45) is 0.879. The summed E-state index contributed by atoms with van der Waals surface area (Å²) in [4.78, 5) is 9.82. The van der Waals surface area contributed by atoms with Gasteiger partial charge in [-0.1, -0.05) is 0 Å². The van der Waals surface area contributed by atoms with Gasteiger partial charge in [-0.2, -0.15) is 0 Å². The van der Waals surface area contributed by atoms with E-state index in [-0.39, 0.29) is 31.0 Å². The van der Waals surface area contributed by atoms with Crippen LogP contribution in [0, 0.1) is 23.7 Å². The predicted octanol–water partition coefficient (Wildman–Crippen LogP) is 2.89. The molecule has 0 aromatic carbocycles. The average Bonchev–Trinajstić information content (AvgIpc) is 3.29. The zero-order valence-corrected chi connectivity index (χ0v) is 16.8. The molecule has 28 heavy (non-hydrogen) atoms. The largest absolute Gasteiger partial charge is 0.522 e. The molecular formula is C19H35F3O6. The maximum Gasteiger partial charge on any atom is 0.522 e. The molecule has 3 N–H and O–H groups in total. The highest BCUT2D eigenvalue weighted by molar-refractivity contribution is 5.65. The maximum absolute atomic E-state index is 11.6. The molecule has 2 aliphatic carbocycles. The molecule has 0 amide bonds. The lowest BCUT2D eigenvalue weighted by molar-refractivity contribution is -0.328. The Morgan fingerprint density at radius 2 is 1.29 bits per heavy atom. The third kappa shape index (κ3) is 14.1. The number of carbonyl (C=O) groups is 1. The zero-order chi connectivity index (χ0) is 21.6. The van der Waals surface area contributed by atoms with E-state index in [4.69, 9.17) is 15.3 Å². The first-order valence-electron chi connectivity index (χ1n) is 9.81. The number of ether oxygens (including phenoxy) is 2. The first kappa shape index (κ1) is 27.1. The number of esters is 1. The van der Waals surface area contributed by atoms with E-state index in [2.05, 4.69) is 9.47 Å². The quantitative estimate of drug-likeness (QED) is 0.576. The molecule has 6 nitrogen and oxygen atoms in total. The van der Waals surface area contributed by atoms with Gasteiger partial charge in [0.2, 0.25) is 0 Å². The highest BCUT2D eigenvalue weighted by Gasteiger charge is 2.32.